The maximum absolute atomic E-state index is 11.7. The summed E-state index contributed by atoms with van der Waals surface area (Å²) in [6.07, 6.45) is 1.64. The third-order valence-corrected chi connectivity index (χ3v) is 2.33. The molecule has 1 heterocycles. The van der Waals surface area contributed by atoms with E-state index in [1.165, 1.54) is 0 Å². The van der Waals surface area contributed by atoms with Gasteiger partial charge in [-0.2, -0.15) is 5.26 Å². The van der Waals surface area contributed by atoms with Crippen molar-refractivity contribution >= 4 is 5.97 Å². The van der Waals surface area contributed by atoms with Crippen molar-refractivity contribution in [2.24, 2.45) is 0 Å². The molecule has 2 aromatic rings. The van der Waals surface area contributed by atoms with Crippen molar-refractivity contribution < 1.29 is 9.53 Å². The van der Waals surface area contributed by atoms with Gasteiger partial charge in [0.25, 0.3) is 0 Å². The number of carbonyl (C=O) groups is 1. The topological polar surface area (TPSA) is 63.0 Å². The minimum Gasteiger partial charge on any atom is -0.456 e. The van der Waals surface area contributed by atoms with E-state index in [1.54, 1.807) is 42.6 Å². The van der Waals surface area contributed by atoms with Crippen LogP contribution < -0.4 is 0 Å². The van der Waals surface area contributed by atoms with Crippen LogP contribution in [0.4, 0.5) is 0 Å². The molecule has 0 saturated heterocycles. The highest BCUT2D eigenvalue weighted by molar-refractivity contribution is 5.89. The first-order valence-electron chi connectivity index (χ1n) is 5.37. The third-order valence-electron chi connectivity index (χ3n) is 2.33. The Bertz CT molecular complexity index is 571. The summed E-state index contributed by atoms with van der Waals surface area (Å²) in [7, 11) is 0. The lowest BCUT2D eigenvalue weighted by atomic mass is 10.1. The molecule has 0 atom stereocenters. The Kier molecular flexibility index (Phi) is 3.67. The van der Waals surface area contributed by atoms with Crippen molar-refractivity contribution in [1.82, 2.24) is 4.98 Å². The number of nitriles is 1. The summed E-state index contributed by atoms with van der Waals surface area (Å²) >= 11 is 0. The molecule has 0 spiro atoms. The molecule has 0 bridgehead atoms. The highest BCUT2D eigenvalue weighted by Gasteiger charge is 2.07. The second-order valence-corrected chi connectivity index (χ2v) is 3.59. The molecule has 88 valence electrons. The average molecular weight is 238 g/mol. The summed E-state index contributed by atoms with van der Waals surface area (Å²) < 4.78 is 5.10. The fourth-order valence-electron chi connectivity index (χ4n) is 1.39. The van der Waals surface area contributed by atoms with Gasteiger partial charge in [-0.05, 0) is 36.4 Å². The fourth-order valence-corrected chi connectivity index (χ4v) is 1.39. The highest BCUT2D eigenvalue weighted by Crippen LogP contribution is 2.06. The van der Waals surface area contributed by atoms with Gasteiger partial charge in [-0.25, -0.2) is 4.79 Å². The van der Waals surface area contributed by atoms with Crippen LogP contribution in [0.25, 0.3) is 0 Å². The maximum Gasteiger partial charge on any atom is 0.338 e. The monoisotopic (exact) mass is 238 g/mol. The number of aromatic nitrogens is 1. The predicted molar refractivity (Wildman–Crippen MR) is 64.5 cm³/mol. The summed E-state index contributed by atoms with van der Waals surface area (Å²) in [6.45, 7) is 0.139. The molecule has 0 unspecified atom stereocenters. The Hall–Kier alpha value is -2.67. The van der Waals surface area contributed by atoms with Gasteiger partial charge in [0.15, 0.2) is 0 Å². The summed E-state index contributed by atoms with van der Waals surface area (Å²) in [5.74, 6) is -0.426. The predicted octanol–water partition coefficient (Wildman–Crippen LogP) is 2.31. The molecule has 2 rings (SSSR count). The first-order valence-corrected chi connectivity index (χ1v) is 5.37. The van der Waals surface area contributed by atoms with E-state index in [2.05, 4.69) is 4.98 Å². The smallest absolute Gasteiger partial charge is 0.338 e. The lowest BCUT2D eigenvalue weighted by molar-refractivity contribution is 0.0468. The van der Waals surface area contributed by atoms with Crippen molar-refractivity contribution in [2.75, 3.05) is 0 Å². The molecule has 0 saturated carbocycles. The second kappa shape index (κ2) is 5.60. The van der Waals surface area contributed by atoms with Gasteiger partial charge in [0, 0.05) is 6.20 Å². The molecule has 0 radical (unpaired) electrons. The van der Waals surface area contributed by atoms with Gasteiger partial charge in [-0.1, -0.05) is 6.07 Å². The SMILES string of the molecule is N#Cc1ccc(C(=O)OCc2ccccn2)cc1. The number of ether oxygens (including phenoxy) is 1. The molecule has 0 fully saturated rings. The summed E-state index contributed by atoms with van der Waals surface area (Å²) in [5, 5.41) is 8.64. The van der Waals surface area contributed by atoms with Crippen LogP contribution in [0.5, 0.6) is 0 Å². The molecule has 0 aliphatic heterocycles. The third kappa shape index (κ3) is 2.92. The van der Waals surface area contributed by atoms with Gasteiger partial charge in [0.1, 0.15) is 6.61 Å². The van der Waals surface area contributed by atoms with Crippen LogP contribution in [0.1, 0.15) is 21.6 Å². The number of benzene rings is 1. The van der Waals surface area contributed by atoms with E-state index in [0.717, 1.165) is 0 Å². The fraction of sp³-hybridized carbons (Fsp3) is 0.0714. The minimum atomic E-state index is -0.426. The zero-order valence-electron chi connectivity index (χ0n) is 9.54. The van der Waals surface area contributed by atoms with E-state index < -0.39 is 5.97 Å². The Morgan fingerprint density at radius 2 is 2.00 bits per heavy atom. The first-order chi connectivity index (χ1) is 8.79. The van der Waals surface area contributed by atoms with Crippen LogP contribution in [0.15, 0.2) is 48.7 Å². The van der Waals surface area contributed by atoms with Gasteiger partial charge in [0.05, 0.1) is 22.9 Å². The van der Waals surface area contributed by atoms with Gasteiger partial charge < -0.3 is 4.74 Å². The lowest BCUT2D eigenvalue weighted by Crippen LogP contribution is -2.05. The lowest BCUT2D eigenvalue weighted by Gasteiger charge is -2.04. The first kappa shape index (κ1) is 11.8. The number of carbonyl (C=O) groups excluding carboxylic acids is 1. The van der Waals surface area contributed by atoms with Crippen LogP contribution in [-0.4, -0.2) is 11.0 Å². The van der Waals surface area contributed by atoms with Gasteiger partial charge in [-0.15, -0.1) is 0 Å². The molecule has 4 nitrogen and oxygen atoms in total. The van der Waals surface area contributed by atoms with Crippen molar-refractivity contribution in [3.05, 3.63) is 65.5 Å². The van der Waals surface area contributed by atoms with Crippen molar-refractivity contribution in [3.63, 3.8) is 0 Å². The number of hydrogen-bond donors (Lipinski definition) is 0. The Balaban J connectivity index is 1.98. The molecule has 1 aromatic heterocycles. The Morgan fingerprint density at radius 3 is 2.61 bits per heavy atom. The largest absolute Gasteiger partial charge is 0.456 e. The zero-order chi connectivity index (χ0) is 12.8. The number of pyridine rings is 1. The molecule has 0 aliphatic rings. The standard InChI is InChI=1S/C14H10N2O2/c15-9-11-4-6-12(7-5-11)14(17)18-10-13-3-1-2-8-16-13/h1-8H,10H2. The highest BCUT2D eigenvalue weighted by atomic mass is 16.5. The number of nitrogens with zero attached hydrogens (tertiary/aromatic N) is 2. The quantitative estimate of drug-likeness (QED) is 0.770. The summed E-state index contributed by atoms with van der Waals surface area (Å²) in [6, 6.07) is 13.7. The van der Waals surface area contributed by atoms with E-state index in [1.807, 2.05) is 12.1 Å². The van der Waals surface area contributed by atoms with Crippen molar-refractivity contribution in [2.45, 2.75) is 6.61 Å². The minimum absolute atomic E-state index is 0.139. The molecule has 0 aliphatic carbocycles. The van der Waals surface area contributed by atoms with E-state index in [9.17, 15) is 4.79 Å². The van der Waals surface area contributed by atoms with Crippen LogP contribution in [0, 0.1) is 11.3 Å². The zero-order valence-corrected chi connectivity index (χ0v) is 9.54. The summed E-state index contributed by atoms with van der Waals surface area (Å²) in [5.41, 5.74) is 1.63. The van der Waals surface area contributed by atoms with Gasteiger partial charge in [-0.3, -0.25) is 4.98 Å². The van der Waals surface area contributed by atoms with Crippen molar-refractivity contribution in [1.29, 1.82) is 5.26 Å². The number of esters is 1. The van der Waals surface area contributed by atoms with E-state index in [0.29, 0.717) is 16.8 Å². The second-order valence-electron chi connectivity index (χ2n) is 3.59. The van der Waals surface area contributed by atoms with E-state index in [-0.39, 0.29) is 6.61 Å². The average Bonchev–Trinajstić information content (AvgIpc) is 2.46. The van der Waals surface area contributed by atoms with E-state index in [4.69, 9.17) is 10.00 Å². The van der Waals surface area contributed by atoms with Crippen LogP contribution in [0.3, 0.4) is 0 Å². The Labute approximate surface area is 104 Å². The van der Waals surface area contributed by atoms with Crippen LogP contribution >= 0.6 is 0 Å². The number of rotatable bonds is 3. The Morgan fingerprint density at radius 1 is 1.22 bits per heavy atom. The molecule has 0 N–H and O–H groups in total. The van der Waals surface area contributed by atoms with E-state index >= 15 is 0 Å². The number of hydrogen-bond acceptors (Lipinski definition) is 4. The molecule has 0 amide bonds. The molecule has 18 heavy (non-hydrogen) atoms. The maximum atomic E-state index is 11.7. The normalized spacial score (nSPS) is 9.50. The van der Waals surface area contributed by atoms with Gasteiger partial charge in [0.2, 0.25) is 0 Å². The van der Waals surface area contributed by atoms with Crippen molar-refractivity contribution in [3.8, 4) is 6.07 Å². The van der Waals surface area contributed by atoms with Gasteiger partial charge >= 0.3 is 5.97 Å². The van der Waals surface area contributed by atoms with Crippen LogP contribution in [0.2, 0.25) is 0 Å². The molecular weight excluding hydrogens is 228 g/mol. The molecule has 4 heteroatoms. The summed E-state index contributed by atoms with van der Waals surface area (Å²) in [4.78, 5) is 15.7. The molecular formula is C14H10N2O2. The molecule has 1 aromatic carbocycles. The van der Waals surface area contributed by atoms with Crippen LogP contribution in [-0.2, 0) is 11.3 Å².